The van der Waals surface area contributed by atoms with E-state index in [0.29, 0.717) is 47.1 Å². The maximum Gasteiger partial charge on any atom is 0.211 e. The Bertz CT molecular complexity index is 1010. The van der Waals surface area contributed by atoms with Crippen LogP contribution in [-0.4, -0.2) is 37.1 Å². The number of hydrogen-bond acceptors (Lipinski definition) is 4. The highest BCUT2D eigenvalue weighted by atomic mass is 35.5. The zero-order chi connectivity index (χ0) is 29.4. The van der Waals surface area contributed by atoms with Crippen LogP contribution < -0.4 is 16.0 Å². The van der Waals surface area contributed by atoms with Crippen LogP contribution in [0.1, 0.15) is 77.3 Å². The first-order valence-electron chi connectivity index (χ1n) is 13.3. The number of carbonyl (C=O) groups is 2. The average molecular weight is 585 g/mol. The van der Waals surface area contributed by atoms with Gasteiger partial charge >= 0.3 is 0 Å². The molecule has 0 aliphatic heterocycles. The third kappa shape index (κ3) is 15.2. The minimum absolute atomic E-state index is 0.0384. The van der Waals surface area contributed by atoms with Crippen molar-refractivity contribution in [2.45, 2.75) is 78.9 Å². The van der Waals surface area contributed by atoms with Crippen LogP contribution in [0.4, 0.5) is 10.1 Å². The molecule has 1 aliphatic rings. The Morgan fingerprint density at radius 1 is 1.10 bits per heavy atom. The predicted molar refractivity (Wildman–Crippen MR) is 160 cm³/mol. The van der Waals surface area contributed by atoms with E-state index in [4.69, 9.17) is 28.3 Å². The summed E-state index contributed by atoms with van der Waals surface area (Å²) in [4.78, 5) is 20.5. The van der Waals surface area contributed by atoms with Gasteiger partial charge in [0.2, 0.25) is 12.8 Å². The number of nitrogens with one attached hydrogen (secondary N) is 3. The first-order chi connectivity index (χ1) is 18.3. The fourth-order valence-electron chi connectivity index (χ4n) is 3.99. The van der Waals surface area contributed by atoms with Gasteiger partial charge in [-0.15, -0.1) is 0 Å². The molecule has 0 aromatic heterocycles. The first-order valence-corrected chi connectivity index (χ1v) is 14.1. The molecule has 9 heteroatoms. The van der Waals surface area contributed by atoms with Gasteiger partial charge in [0.25, 0.3) is 0 Å². The monoisotopic (exact) mass is 583 g/mol. The van der Waals surface area contributed by atoms with E-state index in [1.54, 1.807) is 24.3 Å². The van der Waals surface area contributed by atoms with Crippen molar-refractivity contribution in [3.05, 3.63) is 63.4 Å². The number of hydrogen-bond donors (Lipinski definition) is 4. The molecule has 6 nitrogen and oxygen atoms in total. The van der Waals surface area contributed by atoms with E-state index in [1.807, 2.05) is 13.0 Å². The van der Waals surface area contributed by atoms with Gasteiger partial charge in [-0.3, -0.25) is 9.59 Å². The van der Waals surface area contributed by atoms with E-state index in [9.17, 15) is 14.0 Å². The van der Waals surface area contributed by atoms with Crippen molar-refractivity contribution in [3.8, 4) is 0 Å². The topological polar surface area (TPSA) is 90.5 Å². The molecule has 0 heterocycles. The van der Waals surface area contributed by atoms with E-state index in [0.717, 1.165) is 44.2 Å². The lowest BCUT2D eigenvalue weighted by Crippen LogP contribution is -2.21. The van der Waals surface area contributed by atoms with Gasteiger partial charge in [-0.25, -0.2) is 4.39 Å². The molecule has 0 spiro atoms. The third-order valence-electron chi connectivity index (χ3n) is 5.86. The minimum Gasteiger partial charge on any atom is -0.393 e. The normalized spacial score (nSPS) is 17.2. The van der Waals surface area contributed by atoms with E-state index < -0.39 is 0 Å². The standard InChI is InChI=1S/C17H17Cl2FN2O.C8H15NO2.C5H12/c1-11(14-3-2-4-15(19)17(14)20)8-21-9-12-5-6-13(18)7-16(12)22-10-23;10-6-9-4-3-7-1-2-8(11)5-7;1-5(2,3)4/h2-7,10-11,21H,8-9H2,1H3,(H,22,23);6-8,11H,1-5H2,(H,9,10);1-4H3. The number of halogens is 3. The zero-order valence-electron chi connectivity index (χ0n) is 23.7. The van der Waals surface area contributed by atoms with Crippen LogP contribution in [0.5, 0.6) is 0 Å². The number of benzene rings is 2. The largest absolute Gasteiger partial charge is 0.393 e. The molecule has 1 aliphatic carbocycles. The Hall–Kier alpha value is -2.19. The Morgan fingerprint density at radius 2 is 1.79 bits per heavy atom. The van der Waals surface area contributed by atoms with Gasteiger partial charge in [0.1, 0.15) is 5.82 Å². The van der Waals surface area contributed by atoms with Crippen molar-refractivity contribution in [2.24, 2.45) is 11.3 Å². The Balaban J connectivity index is 0.000000392. The maximum atomic E-state index is 14.0. The number of anilines is 1. The van der Waals surface area contributed by atoms with E-state index >= 15 is 0 Å². The number of rotatable bonds is 11. The highest BCUT2D eigenvalue weighted by molar-refractivity contribution is 6.31. The predicted octanol–water partition coefficient (Wildman–Crippen LogP) is 6.93. The molecule has 1 fully saturated rings. The van der Waals surface area contributed by atoms with Crippen molar-refractivity contribution in [2.75, 3.05) is 18.4 Å². The van der Waals surface area contributed by atoms with Gasteiger partial charge in [0.05, 0.1) is 11.1 Å². The second kappa shape index (κ2) is 18.2. The molecule has 2 aromatic rings. The maximum absolute atomic E-state index is 14.0. The lowest BCUT2D eigenvalue weighted by molar-refractivity contribution is -0.109. The Morgan fingerprint density at radius 3 is 2.38 bits per heavy atom. The fraction of sp³-hybridized carbons (Fsp3) is 0.533. The summed E-state index contributed by atoms with van der Waals surface area (Å²) in [6.07, 6.45) is 5.23. The second-order valence-corrected chi connectivity index (χ2v) is 12.3. The van der Waals surface area contributed by atoms with Crippen molar-refractivity contribution in [3.63, 3.8) is 0 Å². The molecule has 39 heavy (non-hydrogen) atoms. The van der Waals surface area contributed by atoms with Crippen LogP contribution in [-0.2, 0) is 16.1 Å². The molecule has 2 amide bonds. The Labute approximate surface area is 243 Å². The lowest BCUT2D eigenvalue weighted by atomic mass is 10.0. The van der Waals surface area contributed by atoms with Crippen molar-refractivity contribution in [1.82, 2.24) is 10.6 Å². The third-order valence-corrected chi connectivity index (χ3v) is 6.39. The smallest absolute Gasteiger partial charge is 0.211 e. The summed E-state index contributed by atoms with van der Waals surface area (Å²) < 4.78 is 14.0. The van der Waals surface area contributed by atoms with Crippen LogP contribution in [0, 0.1) is 17.2 Å². The molecular formula is C30H44Cl2FN3O3. The quantitative estimate of drug-likeness (QED) is 0.170. The summed E-state index contributed by atoms with van der Waals surface area (Å²) in [5.74, 6) is 0.208. The molecule has 3 unspecified atom stereocenters. The minimum atomic E-state index is -0.377. The van der Waals surface area contributed by atoms with Crippen molar-refractivity contribution in [1.29, 1.82) is 0 Å². The second-order valence-electron chi connectivity index (χ2n) is 11.4. The average Bonchev–Trinajstić information content (AvgIpc) is 3.27. The van der Waals surface area contributed by atoms with Crippen LogP contribution in [0.15, 0.2) is 36.4 Å². The molecule has 0 bridgehead atoms. The van der Waals surface area contributed by atoms with E-state index in [1.165, 1.54) is 6.07 Å². The van der Waals surface area contributed by atoms with Crippen molar-refractivity contribution < 1.29 is 19.1 Å². The van der Waals surface area contributed by atoms with Gasteiger partial charge in [-0.2, -0.15) is 0 Å². The van der Waals surface area contributed by atoms with Gasteiger partial charge < -0.3 is 21.1 Å². The summed E-state index contributed by atoms with van der Waals surface area (Å²) in [7, 11) is 0. The number of amides is 2. The van der Waals surface area contributed by atoms with Gasteiger partial charge in [0.15, 0.2) is 0 Å². The summed E-state index contributed by atoms with van der Waals surface area (Å²) >= 11 is 11.7. The lowest BCUT2D eigenvalue weighted by Gasteiger charge is -2.16. The highest BCUT2D eigenvalue weighted by Gasteiger charge is 2.21. The Kier molecular flexibility index (Phi) is 16.3. The molecule has 0 saturated heterocycles. The number of carbonyl (C=O) groups excluding carboxylic acids is 2. The van der Waals surface area contributed by atoms with Crippen LogP contribution in [0.25, 0.3) is 0 Å². The van der Waals surface area contributed by atoms with Gasteiger partial charge in [0, 0.05) is 30.3 Å². The molecule has 218 valence electrons. The molecule has 3 atom stereocenters. The summed E-state index contributed by atoms with van der Waals surface area (Å²) in [6.45, 7) is 12.5. The van der Waals surface area contributed by atoms with Crippen LogP contribution >= 0.6 is 23.2 Å². The van der Waals surface area contributed by atoms with E-state index in [2.05, 4.69) is 43.6 Å². The SMILES string of the molecule is CC(C)(C)C.CC(CNCc1ccc(Cl)cc1NC=O)c1cccc(Cl)c1F.O=CNCCC1CCC(O)C1. The summed E-state index contributed by atoms with van der Waals surface area (Å²) in [6, 6.07) is 10.3. The first kappa shape index (κ1) is 34.8. The fourth-order valence-corrected chi connectivity index (χ4v) is 4.35. The van der Waals surface area contributed by atoms with Gasteiger partial charge in [-0.05, 0) is 72.3 Å². The highest BCUT2D eigenvalue weighted by Crippen LogP contribution is 2.27. The zero-order valence-corrected chi connectivity index (χ0v) is 25.2. The van der Waals surface area contributed by atoms with Gasteiger partial charge in [-0.1, -0.05) is 76.0 Å². The molecule has 0 radical (unpaired) electrons. The summed E-state index contributed by atoms with van der Waals surface area (Å²) in [5.41, 5.74) is 2.63. The molecule has 1 saturated carbocycles. The van der Waals surface area contributed by atoms with Crippen LogP contribution in [0.2, 0.25) is 10.0 Å². The molecule has 2 aromatic carbocycles. The molecular weight excluding hydrogens is 540 g/mol. The van der Waals surface area contributed by atoms with Crippen molar-refractivity contribution >= 4 is 41.7 Å². The van der Waals surface area contributed by atoms with E-state index in [-0.39, 0.29) is 22.9 Å². The van der Waals surface area contributed by atoms with Crippen LogP contribution in [0.3, 0.4) is 0 Å². The number of aliphatic hydroxyl groups is 1. The molecule has 4 N–H and O–H groups in total. The number of aliphatic hydroxyl groups excluding tert-OH is 1. The summed E-state index contributed by atoms with van der Waals surface area (Å²) in [5, 5.41) is 18.3. The molecule has 3 rings (SSSR count).